The van der Waals surface area contributed by atoms with Gasteiger partial charge in [-0.3, -0.25) is 0 Å². The number of nitrogens with two attached hydrogens (primary N) is 1. The number of carboxylic acids is 1. The number of rotatable bonds is 2. The van der Waals surface area contributed by atoms with Crippen LogP contribution in [-0.4, -0.2) is 31.0 Å². The molecule has 0 atom stereocenters. The average molecular weight is 231 g/mol. The van der Waals surface area contributed by atoms with Crippen molar-refractivity contribution in [3.05, 3.63) is 29.7 Å². The second-order valence-corrected chi connectivity index (χ2v) is 3.27. The van der Waals surface area contributed by atoms with Crippen molar-refractivity contribution in [3.63, 3.8) is 0 Å². The summed E-state index contributed by atoms with van der Waals surface area (Å²) < 4.78 is 0. The molecule has 2 rings (SSSR count). The van der Waals surface area contributed by atoms with Crippen molar-refractivity contribution in [2.45, 2.75) is 6.92 Å². The van der Waals surface area contributed by atoms with Gasteiger partial charge in [-0.2, -0.15) is 0 Å². The van der Waals surface area contributed by atoms with Gasteiger partial charge in [0.2, 0.25) is 0 Å². The summed E-state index contributed by atoms with van der Waals surface area (Å²) in [5.74, 6) is -0.724. The van der Waals surface area contributed by atoms with Gasteiger partial charge in [-0.05, 0) is 13.0 Å². The summed E-state index contributed by atoms with van der Waals surface area (Å²) in [6, 6.07) is 1.66. The molecule has 7 heteroatoms. The van der Waals surface area contributed by atoms with Gasteiger partial charge in [0, 0.05) is 12.4 Å². The van der Waals surface area contributed by atoms with Crippen LogP contribution in [-0.2, 0) is 0 Å². The van der Waals surface area contributed by atoms with E-state index in [2.05, 4.69) is 19.9 Å². The van der Waals surface area contributed by atoms with Crippen molar-refractivity contribution in [2.24, 2.45) is 0 Å². The summed E-state index contributed by atoms with van der Waals surface area (Å²) in [5, 5.41) is 8.92. The van der Waals surface area contributed by atoms with E-state index in [0.717, 1.165) is 0 Å². The lowest BCUT2D eigenvalue weighted by Crippen LogP contribution is -2.10. The van der Waals surface area contributed by atoms with E-state index in [1.165, 1.54) is 0 Å². The topological polar surface area (TPSA) is 115 Å². The van der Waals surface area contributed by atoms with Gasteiger partial charge in [0.15, 0.2) is 11.6 Å². The van der Waals surface area contributed by atoms with E-state index in [-0.39, 0.29) is 22.9 Å². The predicted molar refractivity (Wildman–Crippen MR) is 59.2 cm³/mol. The number of carboxylic acid groups (broad SMARTS) is 1. The first-order chi connectivity index (χ1) is 8.09. The van der Waals surface area contributed by atoms with Gasteiger partial charge in [-0.15, -0.1) is 0 Å². The number of nitrogens with zero attached hydrogens (tertiary/aromatic N) is 4. The zero-order valence-corrected chi connectivity index (χ0v) is 8.95. The minimum atomic E-state index is -1.15. The maximum atomic E-state index is 10.9. The summed E-state index contributed by atoms with van der Waals surface area (Å²) in [6.07, 6.45) is 3.09. The van der Waals surface area contributed by atoms with Crippen molar-refractivity contribution in [1.82, 2.24) is 19.9 Å². The molecule has 0 amide bonds. The number of carbonyl (C=O) groups is 1. The first-order valence-electron chi connectivity index (χ1n) is 4.74. The first kappa shape index (κ1) is 10.9. The second kappa shape index (κ2) is 4.12. The van der Waals surface area contributed by atoms with Gasteiger partial charge in [0.25, 0.3) is 0 Å². The Bertz CT molecular complexity index is 547. The van der Waals surface area contributed by atoms with Crippen molar-refractivity contribution in [3.8, 4) is 11.6 Å². The van der Waals surface area contributed by atoms with E-state index >= 15 is 0 Å². The minimum Gasteiger partial charge on any atom is -0.477 e. The fourth-order valence-corrected chi connectivity index (χ4v) is 1.37. The Morgan fingerprint density at radius 3 is 2.41 bits per heavy atom. The first-order valence-corrected chi connectivity index (χ1v) is 4.74. The predicted octanol–water partition coefficient (Wildman–Crippen LogP) is 0.522. The summed E-state index contributed by atoms with van der Waals surface area (Å²) in [7, 11) is 0. The number of nitrogen functional groups attached to an aromatic ring is 1. The third-order valence-electron chi connectivity index (χ3n) is 2.10. The van der Waals surface area contributed by atoms with Crippen LogP contribution in [0, 0.1) is 6.92 Å². The van der Waals surface area contributed by atoms with Crippen LogP contribution in [0.25, 0.3) is 11.6 Å². The van der Waals surface area contributed by atoms with Crippen molar-refractivity contribution < 1.29 is 9.90 Å². The van der Waals surface area contributed by atoms with Gasteiger partial charge in [0.05, 0.1) is 5.69 Å². The van der Waals surface area contributed by atoms with Gasteiger partial charge >= 0.3 is 5.97 Å². The lowest BCUT2D eigenvalue weighted by Gasteiger charge is -2.05. The van der Waals surface area contributed by atoms with Crippen molar-refractivity contribution >= 4 is 11.8 Å². The van der Waals surface area contributed by atoms with E-state index in [0.29, 0.717) is 5.82 Å². The minimum absolute atomic E-state index is 0.0903. The molecule has 0 aromatic carbocycles. The largest absolute Gasteiger partial charge is 0.477 e. The molecule has 17 heavy (non-hydrogen) atoms. The Morgan fingerprint density at radius 2 is 1.88 bits per heavy atom. The second-order valence-electron chi connectivity index (χ2n) is 3.27. The Morgan fingerprint density at radius 1 is 1.24 bits per heavy atom. The molecule has 0 aliphatic rings. The highest BCUT2D eigenvalue weighted by Crippen LogP contribution is 2.17. The van der Waals surface area contributed by atoms with Crippen LogP contribution in [0.5, 0.6) is 0 Å². The molecule has 0 aliphatic carbocycles. The molecule has 0 saturated carbocycles. The number of hydrogen-bond donors (Lipinski definition) is 2. The van der Waals surface area contributed by atoms with Crippen LogP contribution >= 0.6 is 0 Å². The maximum absolute atomic E-state index is 10.9. The molecule has 0 aliphatic heterocycles. The van der Waals surface area contributed by atoms with Crippen LogP contribution in [0.2, 0.25) is 0 Å². The number of aromatic nitrogens is 4. The molecule has 2 heterocycles. The van der Waals surface area contributed by atoms with Crippen LogP contribution in [0.3, 0.4) is 0 Å². The molecule has 0 unspecified atom stereocenters. The molecule has 3 N–H and O–H groups in total. The Balaban J connectivity index is 2.57. The Labute approximate surface area is 96.4 Å². The Kier molecular flexibility index (Phi) is 2.65. The highest BCUT2D eigenvalue weighted by molar-refractivity contribution is 5.93. The number of hydrogen-bond acceptors (Lipinski definition) is 6. The molecular formula is C10H9N5O2. The molecule has 0 bridgehead atoms. The summed E-state index contributed by atoms with van der Waals surface area (Å²) in [6.45, 7) is 1.55. The van der Waals surface area contributed by atoms with E-state index in [1.54, 1.807) is 25.4 Å². The van der Waals surface area contributed by atoms with E-state index in [1.807, 2.05) is 0 Å². The lowest BCUT2D eigenvalue weighted by molar-refractivity contribution is 0.0696. The van der Waals surface area contributed by atoms with Gasteiger partial charge < -0.3 is 10.8 Å². The van der Waals surface area contributed by atoms with E-state index in [9.17, 15) is 4.79 Å². The zero-order valence-electron chi connectivity index (χ0n) is 8.95. The maximum Gasteiger partial charge on any atom is 0.341 e. The normalized spacial score (nSPS) is 10.2. The summed E-state index contributed by atoms with van der Waals surface area (Å²) in [5.41, 5.74) is 5.76. The van der Waals surface area contributed by atoms with Crippen LogP contribution in [0.4, 0.5) is 5.82 Å². The van der Waals surface area contributed by atoms with E-state index < -0.39 is 5.97 Å². The van der Waals surface area contributed by atoms with E-state index in [4.69, 9.17) is 10.8 Å². The van der Waals surface area contributed by atoms with Crippen LogP contribution in [0.1, 0.15) is 16.1 Å². The van der Waals surface area contributed by atoms with Crippen LogP contribution in [0.15, 0.2) is 18.5 Å². The number of aromatic carboxylic acids is 1. The molecule has 7 nitrogen and oxygen atoms in total. The molecule has 0 spiro atoms. The third kappa shape index (κ3) is 2.03. The van der Waals surface area contributed by atoms with Gasteiger partial charge in [0.1, 0.15) is 11.4 Å². The summed E-state index contributed by atoms with van der Waals surface area (Å²) in [4.78, 5) is 26.7. The third-order valence-corrected chi connectivity index (χ3v) is 2.10. The number of aryl methyl sites for hydroxylation is 1. The molecule has 0 radical (unpaired) electrons. The lowest BCUT2D eigenvalue weighted by atomic mass is 10.2. The fourth-order valence-electron chi connectivity index (χ4n) is 1.37. The standard InChI is InChI=1S/C10H9N5O2/c1-5-6(10(16)17)7(11)15-9(14-5)8-12-3-2-4-13-8/h2-4H,1H3,(H,16,17)(H2,11,14,15). The molecule has 2 aromatic rings. The number of anilines is 1. The molecule has 0 fully saturated rings. The summed E-state index contributed by atoms with van der Waals surface area (Å²) >= 11 is 0. The molecule has 0 saturated heterocycles. The van der Waals surface area contributed by atoms with Crippen molar-refractivity contribution in [1.29, 1.82) is 0 Å². The smallest absolute Gasteiger partial charge is 0.341 e. The molecular weight excluding hydrogens is 222 g/mol. The Hall–Kier alpha value is -2.57. The quantitative estimate of drug-likeness (QED) is 0.774. The monoisotopic (exact) mass is 231 g/mol. The van der Waals surface area contributed by atoms with Gasteiger partial charge in [-0.25, -0.2) is 24.7 Å². The van der Waals surface area contributed by atoms with Crippen LogP contribution < -0.4 is 5.73 Å². The highest BCUT2D eigenvalue weighted by atomic mass is 16.4. The average Bonchev–Trinajstić information content (AvgIpc) is 2.28. The molecule has 2 aromatic heterocycles. The molecule has 86 valence electrons. The van der Waals surface area contributed by atoms with Gasteiger partial charge in [-0.1, -0.05) is 0 Å². The van der Waals surface area contributed by atoms with Crippen molar-refractivity contribution in [2.75, 3.05) is 5.73 Å². The zero-order chi connectivity index (χ0) is 12.4. The SMILES string of the molecule is Cc1nc(-c2ncccn2)nc(N)c1C(=O)O. The fraction of sp³-hybridized carbons (Fsp3) is 0.100. The highest BCUT2D eigenvalue weighted by Gasteiger charge is 2.17.